The van der Waals surface area contributed by atoms with E-state index in [2.05, 4.69) is 10.6 Å². The molecule has 0 bridgehead atoms. The van der Waals surface area contributed by atoms with Crippen molar-refractivity contribution >= 4 is 3.71 Å². The summed E-state index contributed by atoms with van der Waals surface area (Å²) in [6, 6.07) is 0. The molecule has 0 saturated carbocycles. The van der Waals surface area contributed by atoms with E-state index in [9.17, 15) is 0 Å². The molecule has 1 heteroatoms. The molecule has 0 aliphatic rings. The molecule has 0 unspecified atom stereocenters. The van der Waals surface area contributed by atoms with Gasteiger partial charge < -0.3 is 0 Å². The van der Waals surface area contributed by atoms with E-state index in [4.69, 9.17) is 0 Å². The minimum atomic E-state index is 1.30. The number of hydrogen-bond donors (Lipinski definition) is 0. The van der Waals surface area contributed by atoms with Crippen LogP contribution in [0.2, 0.25) is 0 Å². The Morgan fingerprint density at radius 2 is 2.40 bits per heavy atom. The van der Waals surface area contributed by atoms with E-state index in [1.54, 1.807) is 24.2 Å². The van der Waals surface area contributed by atoms with Gasteiger partial charge in [0.15, 0.2) is 0 Å². The van der Waals surface area contributed by atoms with E-state index in [1.807, 2.05) is 0 Å². The summed E-state index contributed by atoms with van der Waals surface area (Å²) >= 11 is 1.56. The van der Waals surface area contributed by atoms with Crippen molar-refractivity contribution in [1.29, 1.82) is 0 Å². The normalized spacial score (nSPS) is 7.80. The molecule has 26 valence electrons. The molecule has 0 nitrogen and oxygen atoms in total. The molecule has 0 aromatic carbocycles. The molecule has 5 heavy (non-hydrogen) atoms. The summed E-state index contributed by atoms with van der Waals surface area (Å²) in [7, 11) is 0. The predicted molar refractivity (Wildman–Crippen MR) is 21.0 cm³/mol. The van der Waals surface area contributed by atoms with Gasteiger partial charge in [0.25, 0.3) is 0 Å². The van der Waals surface area contributed by atoms with Crippen molar-refractivity contribution < 1.29 is 24.2 Å². The zero-order valence-electron chi connectivity index (χ0n) is 3.49. The fraction of sp³-hybridized carbons (Fsp3) is 0.750. The second-order valence-corrected chi connectivity index (χ2v) is 2.00. The third-order valence-corrected chi connectivity index (χ3v) is 1.14. The zero-order chi connectivity index (χ0) is 4.12. The van der Waals surface area contributed by atoms with Crippen LogP contribution in [0.5, 0.6) is 0 Å². The maximum absolute atomic E-state index is 2.27. The Kier molecular flexibility index (Phi) is 5.47. The van der Waals surface area contributed by atoms with Crippen molar-refractivity contribution in [3.05, 3.63) is 0 Å². The summed E-state index contributed by atoms with van der Waals surface area (Å²) in [5.74, 6) is 0. The van der Waals surface area contributed by atoms with Crippen LogP contribution in [-0.4, -0.2) is 3.71 Å². The van der Waals surface area contributed by atoms with E-state index in [0.29, 0.717) is 0 Å². The minimum absolute atomic E-state index is 1.30. The van der Waals surface area contributed by atoms with Crippen LogP contribution in [0.3, 0.4) is 0 Å². The molecule has 0 radical (unpaired) electrons. The molecule has 0 N–H and O–H groups in total. The standard InChI is InChI=1S/C4H8.Zr/c1-3-4-2;/h1H,3-4H2,2H3;/q;+2. The summed E-state index contributed by atoms with van der Waals surface area (Å²) in [6.45, 7) is 2.19. The summed E-state index contributed by atoms with van der Waals surface area (Å²) in [5.41, 5.74) is 0. The van der Waals surface area contributed by atoms with Crippen molar-refractivity contribution in [2.75, 3.05) is 0 Å². The van der Waals surface area contributed by atoms with E-state index < -0.39 is 0 Å². The van der Waals surface area contributed by atoms with Crippen LogP contribution in [0.15, 0.2) is 0 Å². The second kappa shape index (κ2) is 4.75. The summed E-state index contributed by atoms with van der Waals surface area (Å²) in [4.78, 5) is 0. The molecule has 0 amide bonds. The molecule has 0 fully saturated rings. The topological polar surface area (TPSA) is 0 Å². The predicted octanol–water partition coefficient (Wildman–Crippen LogP) is 1.14. The molecule has 0 spiro atoms. The monoisotopic (exact) mass is 146 g/mol. The van der Waals surface area contributed by atoms with Crippen molar-refractivity contribution in [1.82, 2.24) is 0 Å². The molecule has 0 atom stereocenters. The molecule has 0 saturated heterocycles. The van der Waals surface area contributed by atoms with Crippen molar-refractivity contribution in [3.8, 4) is 0 Å². The van der Waals surface area contributed by atoms with Gasteiger partial charge in [-0.25, -0.2) is 0 Å². The van der Waals surface area contributed by atoms with Crippen LogP contribution < -0.4 is 0 Å². The fourth-order valence-corrected chi connectivity index (χ4v) is 0.854. The van der Waals surface area contributed by atoms with Crippen LogP contribution in [0.1, 0.15) is 19.8 Å². The number of unbranched alkanes of at least 4 members (excludes halogenated alkanes) is 1. The third-order valence-electron chi connectivity index (χ3n) is 0.433. The van der Waals surface area contributed by atoms with Crippen LogP contribution in [-0.2, 0) is 24.2 Å². The van der Waals surface area contributed by atoms with E-state index in [1.165, 1.54) is 12.8 Å². The van der Waals surface area contributed by atoms with Gasteiger partial charge in [-0.3, -0.25) is 0 Å². The maximum atomic E-state index is 2.27. The molecule has 0 aromatic heterocycles. The zero-order valence-corrected chi connectivity index (χ0v) is 5.95. The molecule has 0 aromatic rings. The first-order chi connectivity index (χ1) is 2.41. The Balaban J connectivity index is 2.40. The van der Waals surface area contributed by atoms with Gasteiger partial charge in [-0.2, -0.15) is 0 Å². The van der Waals surface area contributed by atoms with Crippen molar-refractivity contribution in [2.45, 2.75) is 19.8 Å². The summed E-state index contributed by atoms with van der Waals surface area (Å²) in [5, 5.41) is 0. The quantitative estimate of drug-likeness (QED) is 0.549. The van der Waals surface area contributed by atoms with E-state index in [-0.39, 0.29) is 0 Å². The summed E-state index contributed by atoms with van der Waals surface area (Å²) in [6.07, 6.45) is 2.61. The van der Waals surface area contributed by atoms with Crippen LogP contribution in [0, 0.1) is 0 Å². The van der Waals surface area contributed by atoms with E-state index in [0.717, 1.165) is 0 Å². The first kappa shape index (κ1) is 5.75. The van der Waals surface area contributed by atoms with Gasteiger partial charge in [0, 0.05) is 0 Å². The SMILES string of the molecule is CCC[CH]=[Zr+2]. The van der Waals surface area contributed by atoms with Gasteiger partial charge in [0.1, 0.15) is 0 Å². The molecule has 0 heterocycles. The van der Waals surface area contributed by atoms with Gasteiger partial charge in [-0.1, -0.05) is 0 Å². The second-order valence-electron chi connectivity index (χ2n) is 0.993. The average Bonchev–Trinajstić information content (AvgIpc) is 1.41. The van der Waals surface area contributed by atoms with Crippen molar-refractivity contribution in [2.24, 2.45) is 0 Å². The third kappa shape index (κ3) is 4.75. The molecule has 0 aliphatic carbocycles. The van der Waals surface area contributed by atoms with Gasteiger partial charge in [-0.15, -0.1) is 0 Å². The molecule has 0 rings (SSSR count). The first-order valence-electron chi connectivity index (χ1n) is 1.90. The van der Waals surface area contributed by atoms with Gasteiger partial charge >= 0.3 is 47.7 Å². The Bertz CT molecular complexity index is 24.8. The Labute approximate surface area is 47.9 Å². The van der Waals surface area contributed by atoms with Gasteiger partial charge in [-0.05, 0) is 0 Å². The Hall–Kier alpha value is 0.753. The fourth-order valence-electron chi connectivity index (χ4n) is 0.144. The number of hydrogen-bond acceptors (Lipinski definition) is 0. The van der Waals surface area contributed by atoms with Crippen LogP contribution >= 0.6 is 0 Å². The molecular formula is C4H8Zr+2. The summed E-state index contributed by atoms with van der Waals surface area (Å²) < 4.78 is 2.27. The van der Waals surface area contributed by atoms with Crippen molar-refractivity contribution in [3.63, 3.8) is 0 Å². The van der Waals surface area contributed by atoms with Gasteiger partial charge in [0.05, 0.1) is 0 Å². The Morgan fingerprint density at radius 1 is 1.80 bits per heavy atom. The average molecular weight is 147 g/mol. The molecule has 0 aliphatic heterocycles. The van der Waals surface area contributed by atoms with Gasteiger partial charge in [0.2, 0.25) is 0 Å². The first-order valence-corrected chi connectivity index (χ1v) is 3.32. The van der Waals surface area contributed by atoms with Crippen LogP contribution in [0.25, 0.3) is 0 Å². The number of rotatable bonds is 2. The molecular weight excluding hydrogens is 139 g/mol. The Morgan fingerprint density at radius 3 is 2.40 bits per heavy atom. The van der Waals surface area contributed by atoms with E-state index >= 15 is 0 Å². The van der Waals surface area contributed by atoms with Crippen LogP contribution in [0.4, 0.5) is 0 Å².